The molecular weight excluding hydrogens is 464 g/mol. The average Bonchev–Trinajstić information content (AvgIpc) is 2.91. The van der Waals surface area contributed by atoms with E-state index in [0.29, 0.717) is 18.5 Å². The van der Waals surface area contributed by atoms with Crippen LogP contribution in [0.2, 0.25) is 0 Å². The number of hydrogen-bond acceptors (Lipinski definition) is 6. The Balaban J connectivity index is 1.58. The molecule has 0 spiro atoms. The lowest BCUT2D eigenvalue weighted by molar-refractivity contribution is -0.125. The summed E-state index contributed by atoms with van der Waals surface area (Å²) < 4.78 is 0. The van der Waals surface area contributed by atoms with Gasteiger partial charge in [0.2, 0.25) is 5.91 Å². The maximum Gasteiger partial charge on any atom is 0.253 e. The van der Waals surface area contributed by atoms with Crippen LogP contribution in [0.1, 0.15) is 31.9 Å². The third kappa shape index (κ3) is 6.30. The van der Waals surface area contributed by atoms with Crippen LogP contribution in [-0.4, -0.2) is 17.1 Å². The molecule has 37 heavy (non-hydrogen) atoms. The van der Waals surface area contributed by atoms with Gasteiger partial charge in [-0.1, -0.05) is 81.4 Å². The molecule has 0 aliphatic heterocycles. The van der Waals surface area contributed by atoms with Crippen molar-refractivity contribution in [2.75, 3.05) is 10.6 Å². The molecule has 0 saturated heterocycles. The highest BCUT2D eigenvalue weighted by molar-refractivity contribution is 5.81. The molecular formula is C30H32N4O3. The number of benzene rings is 2. The van der Waals surface area contributed by atoms with Crippen molar-refractivity contribution in [2.45, 2.75) is 39.8 Å². The molecule has 0 fully saturated rings. The zero-order valence-electron chi connectivity index (χ0n) is 21.3. The molecule has 1 amide bonds. The number of nitrogens with zero attached hydrogens (tertiary/aromatic N) is 1. The van der Waals surface area contributed by atoms with Crippen LogP contribution >= 0.6 is 0 Å². The Morgan fingerprint density at radius 3 is 2.11 bits per heavy atom. The monoisotopic (exact) mass is 496 g/mol. The molecule has 7 nitrogen and oxygen atoms in total. The quantitative estimate of drug-likeness (QED) is 0.210. The predicted molar refractivity (Wildman–Crippen MR) is 148 cm³/mol. The van der Waals surface area contributed by atoms with Crippen LogP contribution in [0.3, 0.4) is 0 Å². The van der Waals surface area contributed by atoms with Crippen molar-refractivity contribution in [1.29, 1.82) is 0 Å². The first kappa shape index (κ1) is 25.8. The van der Waals surface area contributed by atoms with Gasteiger partial charge in [-0.3, -0.25) is 19.4 Å². The largest absolute Gasteiger partial charge is 0.360 e. The highest BCUT2D eigenvalue weighted by Crippen LogP contribution is 2.30. The number of amides is 1. The van der Waals surface area contributed by atoms with Crippen molar-refractivity contribution in [1.82, 2.24) is 10.3 Å². The van der Waals surface area contributed by atoms with Crippen LogP contribution < -0.4 is 26.8 Å². The van der Waals surface area contributed by atoms with Gasteiger partial charge in [0.1, 0.15) is 17.5 Å². The first-order chi connectivity index (χ1) is 17.7. The Labute approximate surface area is 216 Å². The summed E-state index contributed by atoms with van der Waals surface area (Å²) in [6.07, 6.45) is 3.81. The number of carbonyl (C=O) groups is 1. The van der Waals surface area contributed by atoms with Crippen LogP contribution in [0, 0.1) is 11.3 Å². The molecule has 0 aliphatic carbocycles. The molecule has 3 N–H and O–H groups in total. The summed E-state index contributed by atoms with van der Waals surface area (Å²) in [5, 5.41) is 9.33. The van der Waals surface area contributed by atoms with Crippen LogP contribution in [0.4, 0.5) is 17.1 Å². The summed E-state index contributed by atoms with van der Waals surface area (Å²) in [5.41, 5.74) is 1.38. The lowest BCUT2D eigenvalue weighted by Crippen LogP contribution is -2.54. The van der Waals surface area contributed by atoms with E-state index in [2.05, 4.69) is 20.9 Å². The second kappa shape index (κ2) is 11.2. The number of nitrogens with one attached hydrogen (secondary N) is 3. The number of rotatable bonds is 11. The molecule has 1 heterocycles. The summed E-state index contributed by atoms with van der Waals surface area (Å²) in [4.78, 5) is 42.4. The first-order valence-electron chi connectivity index (χ1n) is 12.4. The topological polar surface area (TPSA) is 100 Å². The van der Waals surface area contributed by atoms with Crippen LogP contribution in [0.5, 0.6) is 0 Å². The number of carbonyl (C=O) groups excluding carboxylic acids is 1. The fourth-order valence-corrected chi connectivity index (χ4v) is 4.37. The van der Waals surface area contributed by atoms with E-state index < -0.39 is 22.4 Å². The first-order valence-corrected chi connectivity index (χ1v) is 12.4. The zero-order valence-corrected chi connectivity index (χ0v) is 21.3. The van der Waals surface area contributed by atoms with E-state index in [1.165, 1.54) is 0 Å². The fraction of sp³-hybridized carbons (Fsp3) is 0.267. The standard InChI is InChI=1S/C30H32N4O3/c1-20(17-21-11-6-4-7-12-21)28(37)34-29(30(2,3)18-22-13-8-5-9-14-22)33-25-24(26(35)27(25)36)32-23-15-10-16-31-19-23/h4-16,19-20,29,32-33H,17-18H2,1-3H3,(H,34,37). The summed E-state index contributed by atoms with van der Waals surface area (Å²) in [6, 6.07) is 23.3. The molecule has 0 saturated carbocycles. The molecule has 0 bridgehead atoms. The van der Waals surface area contributed by atoms with Crippen molar-refractivity contribution in [3.05, 3.63) is 117 Å². The van der Waals surface area contributed by atoms with Crippen molar-refractivity contribution < 1.29 is 4.79 Å². The van der Waals surface area contributed by atoms with E-state index in [1.807, 2.05) is 81.4 Å². The highest BCUT2D eigenvalue weighted by atomic mass is 16.2. The fourth-order valence-electron chi connectivity index (χ4n) is 4.37. The van der Waals surface area contributed by atoms with Gasteiger partial charge in [-0.25, -0.2) is 0 Å². The lowest BCUT2D eigenvalue weighted by atomic mass is 9.82. The van der Waals surface area contributed by atoms with Gasteiger partial charge in [-0.2, -0.15) is 0 Å². The number of hydrogen-bond donors (Lipinski definition) is 3. The Hall–Kier alpha value is -4.26. The number of anilines is 3. The number of aromatic nitrogens is 1. The minimum Gasteiger partial charge on any atom is -0.360 e. The third-order valence-corrected chi connectivity index (χ3v) is 6.53. The van der Waals surface area contributed by atoms with Gasteiger partial charge in [0, 0.05) is 17.5 Å². The van der Waals surface area contributed by atoms with Crippen molar-refractivity contribution in [3.63, 3.8) is 0 Å². The zero-order chi connectivity index (χ0) is 26.4. The van der Waals surface area contributed by atoms with E-state index in [-0.39, 0.29) is 23.2 Å². The molecule has 0 radical (unpaired) electrons. The highest BCUT2D eigenvalue weighted by Gasteiger charge is 2.35. The van der Waals surface area contributed by atoms with Gasteiger partial charge in [-0.05, 0) is 36.1 Å². The third-order valence-electron chi connectivity index (χ3n) is 6.53. The predicted octanol–water partition coefficient (Wildman–Crippen LogP) is 4.42. The normalized spacial score (nSPS) is 13.1. The van der Waals surface area contributed by atoms with Crippen molar-refractivity contribution in [2.24, 2.45) is 11.3 Å². The molecule has 7 heteroatoms. The minimum absolute atomic E-state index is 0.136. The average molecular weight is 497 g/mol. The van der Waals surface area contributed by atoms with Gasteiger partial charge in [0.05, 0.1) is 11.9 Å². The van der Waals surface area contributed by atoms with E-state index in [4.69, 9.17) is 0 Å². The minimum atomic E-state index is -0.615. The van der Waals surface area contributed by atoms with Gasteiger partial charge in [0.25, 0.3) is 10.9 Å². The Bertz CT molecular complexity index is 1400. The van der Waals surface area contributed by atoms with Crippen molar-refractivity contribution >= 4 is 23.0 Å². The second-order valence-corrected chi connectivity index (χ2v) is 10.1. The lowest BCUT2D eigenvalue weighted by Gasteiger charge is -2.37. The van der Waals surface area contributed by atoms with E-state index >= 15 is 0 Å². The molecule has 4 aromatic rings. The Morgan fingerprint density at radius 1 is 0.865 bits per heavy atom. The second-order valence-electron chi connectivity index (χ2n) is 10.1. The van der Waals surface area contributed by atoms with E-state index in [0.717, 1.165) is 11.1 Å². The molecule has 2 unspecified atom stereocenters. The van der Waals surface area contributed by atoms with Crippen LogP contribution in [-0.2, 0) is 17.6 Å². The summed E-state index contributed by atoms with van der Waals surface area (Å²) >= 11 is 0. The Kier molecular flexibility index (Phi) is 7.82. The molecule has 1 aromatic heterocycles. The number of pyridine rings is 1. The molecule has 3 aromatic carbocycles. The maximum atomic E-state index is 13.3. The molecule has 2 atom stereocenters. The summed E-state index contributed by atoms with van der Waals surface area (Å²) in [6.45, 7) is 5.94. The maximum absolute atomic E-state index is 13.3. The van der Waals surface area contributed by atoms with E-state index in [9.17, 15) is 14.4 Å². The summed E-state index contributed by atoms with van der Waals surface area (Å²) in [7, 11) is 0. The molecule has 0 aliphatic rings. The van der Waals surface area contributed by atoms with Crippen LogP contribution in [0.25, 0.3) is 0 Å². The SMILES string of the molecule is CC(Cc1ccccc1)C(=O)NC(Nc1c(Nc2cccnc2)c(=O)c1=O)C(C)(C)Cc1ccccc1. The van der Waals surface area contributed by atoms with Gasteiger partial charge in [-0.15, -0.1) is 0 Å². The summed E-state index contributed by atoms with van der Waals surface area (Å²) in [5.74, 6) is -0.428. The molecule has 190 valence electrons. The van der Waals surface area contributed by atoms with Crippen LogP contribution in [0.15, 0.2) is 94.8 Å². The molecule has 4 rings (SSSR count). The van der Waals surface area contributed by atoms with Gasteiger partial charge >= 0.3 is 0 Å². The van der Waals surface area contributed by atoms with Gasteiger partial charge < -0.3 is 16.0 Å². The Morgan fingerprint density at radius 2 is 1.49 bits per heavy atom. The van der Waals surface area contributed by atoms with E-state index in [1.54, 1.807) is 24.5 Å². The van der Waals surface area contributed by atoms with Crippen molar-refractivity contribution in [3.8, 4) is 0 Å². The smallest absolute Gasteiger partial charge is 0.253 e. The van der Waals surface area contributed by atoms with Gasteiger partial charge in [0.15, 0.2) is 0 Å².